The van der Waals surface area contributed by atoms with E-state index >= 15 is 0 Å². The molecule has 0 radical (unpaired) electrons. The normalized spacial score (nSPS) is 14.4. The van der Waals surface area contributed by atoms with Gasteiger partial charge in [0.15, 0.2) is 0 Å². The van der Waals surface area contributed by atoms with Gasteiger partial charge in [0.05, 0.1) is 0 Å². The molecule has 8 aromatic carbocycles. The van der Waals surface area contributed by atoms with Crippen LogP contribution in [-0.4, -0.2) is 0 Å². The second kappa shape index (κ2) is 11.9. The number of furan rings is 1. The predicted molar refractivity (Wildman–Crippen MR) is 234 cm³/mol. The maximum atomic E-state index is 6.79. The summed E-state index contributed by atoms with van der Waals surface area (Å²) in [4.78, 5) is 2.44. The standard InChI is InChI=1S/C54H41NO/c1-53(2)47-19-11-8-16-40(47)42-28-24-36(30-49(42)53)45-31-39(32-46-44-18-10-13-21-51(44)56-52(45)46)55(37-25-22-35(23-26-37)34-14-6-5-7-15-34)38-27-29-43-41-17-9-12-20-48(41)54(3,4)50(43)33-38/h5-33H,1-4H3. The molecule has 0 bridgehead atoms. The highest BCUT2D eigenvalue weighted by molar-refractivity contribution is 6.12. The molecule has 9 aromatic rings. The summed E-state index contributed by atoms with van der Waals surface area (Å²) in [7, 11) is 0. The molecule has 1 heterocycles. The number of rotatable bonds is 5. The van der Waals surface area contributed by atoms with E-state index in [4.69, 9.17) is 4.42 Å². The van der Waals surface area contributed by atoms with Gasteiger partial charge < -0.3 is 9.32 Å². The molecule has 0 atom stereocenters. The molecule has 11 rings (SSSR count). The molecular weight excluding hydrogens is 679 g/mol. The highest BCUT2D eigenvalue weighted by Gasteiger charge is 2.37. The Morgan fingerprint density at radius 3 is 1.61 bits per heavy atom. The van der Waals surface area contributed by atoms with Crippen LogP contribution in [0.2, 0.25) is 0 Å². The van der Waals surface area contributed by atoms with Crippen molar-refractivity contribution < 1.29 is 4.42 Å². The quantitative estimate of drug-likeness (QED) is 0.176. The van der Waals surface area contributed by atoms with Crippen molar-refractivity contribution in [1.29, 1.82) is 0 Å². The molecule has 2 heteroatoms. The molecule has 0 saturated carbocycles. The molecule has 0 unspecified atom stereocenters. The maximum Gasteiger partial charge on any atom is 0.143 e. The lowest BCUT2D eigenvalue weighted by Gasteiger charge is -2.29. The third kappa shape index (κ3) is 4.75. The van der Waals surface area contributed by atoms with Crippen LogP contribution in [0.15, 0.2) is 180 Å². The maximum absolute atomic E-state index is 6.79. The van der Waals surface area contributed by atoms with Crippen LogP contribution in [0.25, 0.3) is 66.4 Å². The third-order valence-corrected chi connectivity index (χ3v) is 12.7. The Balaban J connectivity index is 1.15. The van der Waals surface area contributed by atoms with E-state index in [9.17, 15) is 0 Å². The van der Waals surface area contributed by atoms with Gasteiger partial charge in [0, 0.05) is 44.2 Å². The first-order chi connectivity index (χ1) is 27.3. The summed E-state index contributed by atoms with van der Waals surface area (Å²) >= 11 is 0. The first-order valence-electron chi connectivity index (χ1n) is 19.7. The van der Waals surface area contributed by atoms with Gasteiger partial charge in [-0.1, -0.05) is 155 Å². The molecule has 0 aliphatic heterocycles. The molecule has 0 saturated heterocycles. The Morgan fingerprint density at radius 1 is 0.357 bits per heavy atom. The summed E-state index contributed by atoms with van der Waals surface area (Å²) in [5, 5.41) is 2.22. The molecule has 0 amide bonds. The highest BCUT2D eigenvalue weighted by Crippen LogP contribution is 2.53. The lowest BCUT2D eigenvalue weighted by Crippen LogP contribution is -2.16. The zero-order chi connectivity index (χ0) is 37.8. The molecule has 0 fully saturated rings. The van der Waals surface area contributed by atoms with E-state index in [0.29, 0.717) is 0 Å². The fraction of sp³-hybridized carbons (Fsp3) is 0.111. The SMILES string of the molecule is CC1(C)c2ccccc2-c2ccc(-c3cc(N(c4ccc(-c5ccccc5)cc4)c4ccc5c(c4)C(C)(C)c4ccccc4-5)cc4c3oc3ccccc34)cc21. The van der Waals surface area contributed by atoms with Crippen LogP contribution in [0.3, 0.4) is 0 Å². The summed E-state index contributed by atoms with van der Waals surface area (Å²) in [6.07, 6.45) is 0. The largest absolute Gasteiger partial charge is 0.455 e. The lowest BCUT2D eigenvalue weighted by atomic mass is 9.81. The van der Waals surface area contributed by atoms with E-state index < -0.39 is 0 Å². The highest BCUT2D eigenvalue weighted by atomic mass is 16.3. The van der Waals surface area contributed by atoms with Crippen LogP contribution < -0.4 is 4.90 Å². The van der Waals surface area contributed by atoms with Crippen LogP contribution in [0.1, 0.15) is 49.9 Å². The predicted octanol–water partition coefficient (Wildman–Crippen LogP) is 15.0. The molecule has 0 N–H and O–H groups in total. The van der Waals surface area contributed by atoms with Crippen LogP contribution in [-0.2, 0) is 10.8 Å². The molecule has 1 aromatic heterocycles. The molecule has 268 valence electrons. The van der Waals surface area contributed by atoms with E-state index in [1.165, 1.54) is 55.6 Å². The molecule has 2 aliphatic rings. The fourth-order valence-corrected chi connectivity index (χ4v) is 9.74. The van der Waals surface area contributed by atoms with Crippen molar-refractivity contribution in [3.05, 3.63) is 198 Å². The topological polar surface area (TPSA) is 16.4 Å². The second-order valence-electron chi connectivity index (χ2n) is 16.5. The van der Waals surface area contributed by atoms with Crippen molar-refractivity contribution in [3.63, 3.8) is 0 Å². The van der Waals surface area contributed by atoms with Crippen molar-refractivity contribution in [3.8, 4) is 44.5 Å². The Morgan fingerprint density at radius 2 is 0.893 bits per heavy atom. The molecular formula is C54H41NO. The van der Waals surface area contributed by atoms with Gasteiger partial charge in [0.25, 0.3) is 0 Å². The number of para-hydroxylation sites is 1. The van der Waals surface area contributed by atoms with Crippen LogP contribution in [0.4, 0.5) is 17.1 Å². The smallest absolute Gasteiger partial charge is 0.143 e. The Bertz CT molecular complexity index is 3020. The van der Waals surface area contributed by atoms with Gasteiger partial charge in [-0.3, -0.25) is 0 Å². The van der Waals surface area contributed by atoms with Gasteiger partial charge in [-0.05, 0) is 110 Å². The molecule has 0 spiro atoms. The van der Waals surface area contributed by atoms with E-state index in [0.717, 1.165) is 50.1 Å². The van der Waals surface area contributed by atoms with E-state index in [2.05, 4.69) is 209 Å². The fourth-order valence-electron chi connectivity index (χ4n) is 9.74. The molecule has 56 heavy (non-hydrogen) atoms. The lowest BCUT2D eigenvalue weighted by molar-refractivity contribution is 0.660. The summed E-state index contributed by atoms with van der Waals surface area (Å²) in [6.45, 7) is 9.41. The van der Waals surface area contributed by atoms with Crippen molar-refractivity contribution in [2.24, 2.45) is 0 Å². The Hall–Kier alpha value is -6.64. The molecule has 2 aliphatic carbocycles. The summed E-state index contributed by atoms with van der Waals surface area (Å²) in [5.41, 5.74) is 20.2. The first kappa shape index (κ1) is 32.8. The van der Waals surface area contributed by atoms with Crippen molar-refractivity contribution >= 4 is 39.0 Å². The number of fused-ring (bicyclic) bond motifs is 9. The first-order valence-corrected chi connectivity index (χ1v) is 19.7. The van der Waals surface area contributed by atoms with Crippen molar-refractivity contribution in [2.75, 3.05) is 4.90 Å². The summed E-state index contributed by atoms with van der Waals surface area (Å²) in [5.74, 6) is 0. The average molecular weight is 720 g/mol. The van der Waals surface area contributed by atoms with Crippen molar-refractivity contribution in [2.45, 2.75) is 38.5 Å². The monoisotopic (exact) mass is 719 g/mol. The van der Waals surface area contributed by atoms with Gasteiger partial charge in [-0.2, -0.15) is 0 Å². The zero-order valence-electron chi connectivity index (χ0n) is 32.1. The van der Waals surface area contributed by atoms with Crippen LogP contribution >= 0.6 is 0 Å². The number of benzene rings is 8. The van der Waals surface area contributed by atoms with Gasteiger partial charge in [-0.15, -0.1) is 0 Å². The van der Waals surface area contributed by atoms with Crippen molar-refractivity contribution in [1.82, 2.24) is 0 Å². The minimum absolute atomic E-state index is 0.117. The average Bonchev–Trinajstić information content (AvgIpc) is 3.81. The van der Waals surface area contributed by atoms with E-state index in [1.807, 2.05) is 0 Å². The Kier molecular flexibility index (Phi) is 6.98. The number of hydrogen-bond donors (Lipinski definition) is 0. The van der Waals surface area contributed by atoms with E-state index in [1.54, 1.807) is 0 Å². The molecule has 2 nitrogen and oxygen atoms in total. The van der Waals surface area contributed by atoms with E-state index in [-0.39, 0.29) is 10.8 Å². The number of nitrogens with zero attached hydrogens (tertiary/aromatic N) is 1. The van der Waals surface area contributed by atoms with Crippen LogP contribution in [0.5, 0.6) is 0 Å². The van der Waals surface area contributed by atoms with Gasteiger partial charge >= 0.3 is 0 Å². The number of hydrogen-bond acceptors (Lipinski definition) is 2. The minimum Gasteiger partial charge on any atom is -0.455 e. The number of anilines is 3. The van der Waals surface area contributed by atoms with Gasteiger partial charge in [0.1, 0.15) is 11.2 Å². The second-order valence-corrected chi connectivity index (χ2v) is 16.5. The summed E-state index contributed by atoms with van der Waals surface area (Å²) in [6, 6.07) is 64.6. The third-order valence-electron chi connectivity index (χ3n) is 12.7. The van der Waals surface area contributed by atoms with Gasteiger partial charge in [-0.25, -0.2) is 0 Å². The zero-order valence-corrected chi connectivity index (χ0v) is 32.1. The Labute approximate surface area is 328 Å². The van der Waals surface area contributed by atoms with Crippen LogP contribution in [0, 0.1) is 0 Å². The summed E-state index contributed by atoms with van der Waals surface area (Å²) < 4.78 is 6.79. The van der Waals surface area contributed by atoms with Gasteiger partial charge in [0.2, 0.25) is 0 Å². The minimum atomic E-state index is -0.130.